The Hall–Kier alpha value is -4.70. The molecule has 0 saturated carbocycles. The number of nitro groups is 1. The number of hydrogen-bond donors (Lipinski definition) is 1. The van der Waals surface area contributed by atoms with Gasteiger partial charge in [-0.1, -0.05) is 29.8 Å². The molecule has 1 saturated heterocycles. The number of carbonyl (C=O) groups is 3. The van der Waals surface area contributed by atoms with E-state index in [1.54, 1.807) is 24.3 Å². The SMILES string of the molecule is CCOc1ccc(N2C(=O)CC(N(CCc3c[nH]c4ccccc34)C(=O)c3ccc(Cl)c([N+](=O)[O-])c3)C2=O)cc1. The van der Waals surface area contributed by atoms with Crippen molar-refractivity contribution in [3.05, 3.63) is 99.2 Å². The number of para-hydroxylation sites is 1. The summed E-state index contributed by atoms with van der Waals surface area (Å²) >= 11 is 5.96. The number of nitro benzene ring substituents is 1. The molecule has 1 aromatic heterocycles. The van der Waals surface area contributed by atoms with Gasteiger partial charge in [0.2, 0.25) is 5.91 Å². The molecule has 204 valence electrons. The number of aromatic nitrogens is 1. The number of nitrogens with zero attached hydrogens (tertiary/aromatic N) is 3. The van der Waals surface area contributed by atoms with Crippen molar-refractivity contribution in [1.82, 2.24) is 9.88 Å². The first-order chi connectivity index (χ1) is 19.3. The third kappa shape index (κ3) is 5.13. The van der Waals surface area contributed by atoms with Gasteiger partial charge in [-0.3, -0.25) is 24.5 Å². The van der Waals surface area contributed by atoms with Crippen molar-refractivity contribution in [2.45, 2.75) is 25.8 Å². The van der Waals surface area contributed by atoms with Gasteiger partial charge >= 0.3 is 0 Å². The third-order valence-corrected chi connectivity index (χ3v) is 7.17. The fourth-order valence-corrected chi connectivity index (χ4v) is 5.11. The largest absolute Gasteiger partial charge is 0.494 e. The minimum absolute atomic E-state index is 0.00482. The lowest BCUT2D eigenvalue weighted by atomic mass is 10.1. The standard InChI is InChI=1S/C29H25ClN4O6/c1-2-40-21-10-8-20(9-11-21)33-27(35)16-26(29(33)37)32(14-13-19-17-31-24-6-4-3-5-22(19)24)28(36)18-7-12-23(30)25(15-18)34(38)39/h3-12,15,17,26,31H,2,13-14,16H2,1H3. The molecule has 3 aromatic carbocycles. The van der Waals surface area contributed by atoms with Crippen LogP contribution in [0.5, 0.6) is 5.75 Å². The lowest BCUT2D eigenvalue weighted by Crippen LogP contribution is -2.46. The number of carbonyl (C=O) groups excluding carboxylic acids is 3. The molecule has 1 aliphatic rings. The molecule has 1 aliphatic heterocycles. The minimum Gasteiger partial charge on any atom is -0.494 e. The average Bonchev–Trinajstić information content (AvgIpc) is 3.49. The highest BCUT2D eigenvalue weighted by molar-refractivity contribution is 6.32. The Morgan fingerprint density at radius 1 is 1.15 bits per heavy atom. The molecule has 11 heteroatoms. The molecular weight excluding hydrogens is 536 g/mol. The van der Waals surface area contributed by atoms with Gasteiger partial charge in [-0.25, -0.2) is 4.90 Å². The number of halogens is 1. The van der Waals surface area contributed by atoms with Crippen LogP contribution in [0.4, 0.5) is 11.4 Å². The van der Waals surface area contributed by atoms with Crippen molar-refractivity contribution in [2.75, 3.05) is 18.1 Å². The maximum absolute atomic E-state index is 13.8. The van der Waals surface area contributed by atoms with Gasteiger partial charge in [0.05, 0.1) is 23.6 Å². The lowest BCUT2D eigenvalue weighted by Gasteiger charge is -2.28. The summed E-state index contributed by atoms with van der Waals surface area (Å²) in [6, 6.07) is 16.9. The number of rotatable bonds is 9. The van der Waals surface area contributed by atoms with Gasteiger partial charge in [-0.2, -0.15) is 0 Å². The van der Waals surface area contributed by atoms with Crippen LogP contribution >= 0.6 is 11.6 Å². The van der Waals surface area contributed by atoms with Crippen molar-refractivity contribution in [2.24, 2.45) is 0 Å². The topological polar surface area (TPSA) is 126 Å². The summed E-state index contributed by atoms with van der Waals surface area (Å²) in [7, 11) is 0. The van der Waals surface area contributed by atoms with Crippen molar-refractivity contribution in [1.29, 1.82) is 0 Å². The van der Waals surface area contributed by atoms with Crippen LogP contribution in [0.1, 0.15) is 29.3 Å². The number of ether oxygens (including phenoxy) is 1. The van der Waals surface area contributed by atoms with E-state index in [9.17, 15) is 24.5 Å². The second-order valence-electron chi connectivity index (χ2n) is 9.25. The van der Waals surface area contributed by atoms with Crippen molar-refractivity contribution >= 4 is 51.6 Å². The Kier molecular flexibility index (Phi) is 7.52. The summed E-state index contributed by atoms with van der Waals surface area (Å²) in [6.45, 7) is 2.42. The predicted molar refractivity (Wildman–Crippen MR) is 150 cm³/mol. The molecule has 0 radical (unpaired) electrons. The average molecular weight is 561 g/mol. The fourth-order valence-electron chi connectivity index (χ4n) is 4.92. The van der Waals surface area contributed by atoms with E-state index in [0.717, 1.165) is 27.4 Å². The highest BCUT2D eigenvalue weighted by Gasteiger charge is 2.44. The molecule has 1 unspecified atom stereocenters. The summed E-state index contributed by atoms with van der Waals surface area (Å²) < 4.78 is 5.45. The molecule has 4 aromatic rings. The van der Waals surface area contributed by atoms with E-state index >= 15 is 0 Å². The normalized spacial score (nSPS) is 15.1. The number of aromatic amines is 1. The van der Waals surface area contributed by atoms with E-state index in [-0.39, 0.29) is 23.6 Å². The Morgan fingerprint density at radius 3 is 2.62 bits per heavy atom. The first kappa shape index (κ1) is 26.9. The van der Waals surface area contributed by atoms with Crippen LogP contribution in [0.2, 0.25) is 5.02 Å². The Labute approximate surface area is 234 Å². The molecule has 0 aliphatic carbocycles. The van der Waals surface area contributed by atoms with Crippen LogP contribution in [0.25, 0.3) is 10.9 Å². The van der Waals surface area contributed by atoms with E-state index in [4.69, 9.17) is 16.3 Å². The number of amides is 3. The van der Waals surface area contributed by atoms with E-state index in [1.165, 1.54) is 17.0 Å². The number of anilines is 1. The third-order valence-electron chi connectivity index (χ3n) is 6.85. The molecule has 1 N–H and O–H groups in total. The predicted octanol–water partition coefficient (Wildman–Crippen LogP) is 5.15. The zero-order chi connectivity index (χ0) is 28.4. The highest BCUT2D eigenvalue weighted by Crippen LogP contribution is 2.31. The first-order valence-corrected chi connectivity index (χ1v) is 13.1. The summed E-state index contributed by atoms with van der Waals surface area (Å²) in [6.07, 6.45) is 2.00. The van der Waals surface area contributed by atoms with Crippen LogP contribution in [0.3, 0.4) is 0 Å². The number of benzene rings is 3. The highest BCUT2D eigenvalue weighted by atomic mass is 35.5. The van der Waals surface area contributed by atoms with Gasteiger partial charge in [-0.15, -0.1) is 0 Å². The molecular formula is C29H25ClN4O6. The Morgan fingerprint density at radius 2 is 1.90 bits per heavy atom. The van der Waals surface area contributed by atoms with Crippen molar-refractivity contribution in [3.8, 4) is 5.75 Å². The Bertz CT molecular complexity index is 1620. The van der Waals surface area contributed by atoms with Crippen LogP contribution in [0.15, 0.2) is 72.9 Å². The van der Waals surface area contributed by atoms with Crippen LogP contribution < -0.4 is 9.64 Å². The fraction of sp³-hybridized carbons (Fsp3) is 0.207. The van der Waals surface area contributed by atoms with Crippen molar-refractivity contribution in [3.63, 3.8) is 0 Å². The zero-order valence-electron chi connectivity index (χ0n) is 21.5. The second kappa shape index (κ2) is 11.2. The monoisotopic (exact) mass is 560 g/mol. The van der Waals surface area contributed by atoms with Gasteiger partial charge in [0.25, 0.3) is 17.5 Å². The molecule has 10 nitrogen and oxygen atoms in total. The molecule has 1 atom stereocenters. The summed E-state index contributed by atoms with van der Waals surface area (Å²) in [5.41, 5.74) is 1.80. The van der Waals surface area contributed by atoms with Gasteiger partial charge in [-0.05, 0) is 61.4 Å². The molecule has 2 heterocycles. The number of fused-ring (bicyclic) bond motifs is 1. The first-order valence-electron chi connectivity index (χ1n) is 12.7. The van der Waals surface area contributed by atoms with Crippen LogP contribution in [-0.4, -0.2) is 51.7 Å². The molecule has 0 spiro atoms. The minimum atomic E-state index is -1.09. The van der Waals surface area contributed by atoms with Crippen LogP contribution in [-0.2, 0) is 16.0 Å². The summed E-state index contributed by atoms with van der Waals surface area (Å²) in [4.78, 5) is 56.9. The lowest BCUT2D eigenvalue weighted by molar-refractivity contribution is -0.384. The van der Waals surface area contributed by atoms with Gasteiger partial charge < -0.3 is 14.6 Å². The van der Waals surface area contributed by atoms with Gasteiger partial charge in [0.15, 0.2) is 0 Å². The van der Waals surface area contributed by atoms with Crippen molar-refractivity contribution < 1.29 is 24.0 Å². The molecule has 40 heavy (non-hydrogen) atoms. The molecule has 1 fully saturated rings. The summed E-state index contributed by atoms with van der Waals surface area (Å²) in [5.74, 6) is -1.02. The Balaban J connectivity index is 1.47. The van der Waals surface area contributed by atoms with E-state index < -0.39 is 34.4 Å². The van der Waals surface area contributed by atoms with E-state index in [0.29, 0.717) is 24.5 Å². The maximum Gasteiger partial charge on any atom is 0.288 e. The number of nitrogens with one attached hydrogen (secondary N) is 1. The number of hydrogen-bond acceptors (Lipinski definition) is 6. The quantitative estimate of drug-likeness (QED) is 0.171. The molecule has 3 amide bonds. The second-order valence-corrected chi connectivity index (χ2v) is 9.65. The van der Waals surface area contributed by atoms with Gasteiger partial charge in [0, 0.05) is 35.3 Å². The van der Waals surface area contributed by atoms with E-state index in [2.05, 4.69) is 4.98 Å². The number of imide groups is 1. The smallest absolute Gasteiger partial charge is 0.288 e. The zero-order valence-corrected chi connectivity index (χ0v) is 22.3. The summed E-state index contributed by atoms with van der Waals surface area (Å²) in [5, 5.41) is 12.3. The van der Waals surface area contributed by atoms with Crippen LogP contribution in [0, 0.1) is 10.1 Å². The van der Waals surface area contributed by atoms with Gasteiger partial charge in [0.1, 0.15) is 16.8 Å². The van der Waals surface area contributed by atoms with E-state index in [1.807, 2.05) is 37.4 Å². The molecule has 5 rings (SSSR count). The number of H-pyrrole nitrogens is 1. The maximum atomic E-state index is 13.8. The molecule has 0 bridgehead atoms.